The Bertz CT molecular complexity index is 552. The number of hydrogen-bond donors (Lipinski definition) is 2. The summed E-state index contributed by atoms with van der Waals surface area (Å²) in [6.07, 6.45) is 0. The summed E-state index contributed by atoms with van der Waals surface area (Å²) in [5, 5.41) is 0. The van der Waals surface area contributed by atoms with Crippen LogP contribution in [0.4, 0.5) is 0 Å². The van der Waals surface area contributed by atoms with E-state index in [9.17, 15) is 8.42 Å². The van der Waals surface area contributed by atoms with Crippen molar-refractivity contribution >= 4 is 10.0 Å². The van der Waals surface area contributed by atoms with Gasteiger partial charge in [0, 0.05) is 0 Å². The fourth-order valence-electron chi connectivity index (χ4n) is 2.45. The van der Waals surface area contributed by atoms with Crippen LogP contribution in [0.15, 0.2) is 23.1 Å². The van der Waals surface area contributed by atoms with Crippen LogP contribution in [0.2, 0.25) is 0 Å². The molecule has 0 bridgehead atoms. The molecule has 0 atom stereocenters. The standard InChI is InChI=1S/C14H22N2O3S/c1-12-3-4-14(13(2)11-12)20(17,18)15-5-6-16-7-9-19-10-8-16/h3-4,11,15H,5-10H2,1-2H3/p+1. The van der Waals surface area contributed by atoms with Crippen molar-refractivity contribution in [2.45, 2.75) is 18.7 Å². The van der Waals surface area contributed by atoms with Crippen molar-refractivity contribution in [3.8, 4) is 0 Å². The third kappa shape index (κ3) is 4.02. The first-order valence-electron chi connectivity index (χ1n) is 6.97. The summed E-state index contributed by atoms with van der Waals surface area (Å²) in [4.78, 5) is 1.76. The maximum absolute atomic E-state index is 12.3. The molecule has 2 rings (SSSR count). The molecule has 5 nitrogen and oxygen atoms in total. The van der Waals surface area contributed by atoms with Gasteiger partial charge >= 0.3 is 0 Å². The summed E-state index contributed by atoms with van der Waals surface area (Å²) < 4.78 is 32.5. The molecule has 0 aliphatic carbocycles. The molecule has 6 heteroatoms. The highest BCUT2D eigenvalue weighted by Gasteiger charge is 2.18. The number of sulfonamides is 1. The minimum atomic E-state index is -3.40. The molecule has 1 aromatic carbocycles. The lowest BCUT2D eigenvalue weighted by Crippen LogP contribution is -3.14. The molecule has 0 amide bonds. The van der Waals surface area contributed by atoms with E-state index in [1.807, 2.05) is 26.0 Å². The van der Waals surface area contributed by atoms with Gasteiger partial charge in [0.25, 0.3) is 0 Å². The first-order valence-corrected chi connectivity index (χ1v) is 8.45. The Balaban J connectivity index is 1.93. The summed E-state index contributed by atoms with van der Waals surface area (Å²) in [6, 6.07) is 5.39. The average molecular weight is 299 g/mol. The fourth-order valence-corrected chi connectivity index (χ4v) is 3.71. The molecule has 112 valence electrons. The molecule has 0 spiro atoms. The van der Waals surface area contributed by atoms with Crippen molar-refractivity contribution in [2.75, 3.05) is 39.4 Å². The minimum absolute atomic E-state index is 0.375. The second-order valence-electron chi connectivity index (χ2n) is 5.28. The molecule has 2 N–H and O–H groups in total. The third-order valence-corrected chi connectivity index (χ3v) is 5.21. The predicted molar refractivity (Wildman–Crippen MR) is 77.5 cm³/mol. The number of nitrogens with one attached hydrogen (secondary N) is 2. The zero-order valence-corrected chi connectivity index (χ0v) is 12.9. The van der Waals surface area contributed by atoms with Crippen molar-refractivity contribution in [1.29, 1.82) is 0 Å². The van der Waals surface area contributed by atoms with Crippen LogP contribution in [-0.4, -0.2) is 47.8 Å². The van der Waals surface area contributed by atoms with Gasteiger partial charge in [0.05, 0.1) is 31.2 Å². The number of benzene rings is 1. The number of ether oxygens (including phenoxy) is 1. The van der Waals surface area contributed by atoms with Gasteiger partial charge in [-0.1, -0.05) is 17.7 Å². The van der Waals surface area contributed by atoms with E-state index in [1.54, 1.807) is 6.07 Å². The largest absolute Gasteiger partial charge is 0.370 e. The molecule has 1 fully saturated rings. The van der Waals surface area contributed by atoms with Crippen molar-refractivity contribution in [2.24, 2.45) is 0 Å². The molecule has 1 saturated heterocycles. The number of aryl methyl sites for hydroxylation is 2. The number of morpholine rings is 1. The highest BCUT2D eigenvalue weighted by Crippen LogP contribution is 2.15. The third-order valence-electron chi connectivity index (χ3n) is 3.59. The molecule has 0 aromatic heterocycles. The van der Waals surface area contributed by atoms with Gasteiger partial charge in [-0.25, -0.2) is 13.1 Å². The van der Waals surface area contributed by atoms with E-state index in [1.165, 1.54) is 4.90 Å². The van der Waals surface area contributed by atoms with Gasteiger partial charge in [-0.3, -0.25) is 0 Å². The smallest absolute Gasteiger partial charge is 0.241 e. The van der Waals surface area contributed by atoms with Gasteiger partial charge < -0.3 is 9.64 Å². The molecule has 0 radical (unpaired) electrons. The van der Waals surface area contributed by atoms with Crippen LogP contribution in [0.3, 0.4) is 0 Å². The lowest BCUT2D eigenvalue weighted by atomic mass is 10.2. The summed E-state index contributed by atoms with van der Waals surface area (Å²) in [6.45, 7) is 8.47. The second kappa shape index (κ2) is 6.67. The van der Waals surface area contributed by atoms with Crippen molar-refractivity contribution < 1.29 is 18.1 Å². The normalized spacial score (nSPS) is 17.3. The van der Waals surface area contributed by atoms with E-state index >= 15 is 0 Å². The van der Waals surface area contributed by atoms with Gasteiger partial charge in [-0.15, -0.1) is 0 Å². The van der Waals surface area contributed by atoms with E-state index < -0.39 is 10.0 Å². The lowest BCUT2D eigenvalue weighted by Gasteiger charge is -2.23. The monoisotopic (exact) mass is 299 g/mol. The molecule has 20 heavy (non-hydrogen) atoms. The second-order valence-corrected chi connectivity index (χ2v) is 7.01. The van der Waals surface area contributed by atoms with Crippen molar-refractivity contribution in [3.63, 3.8) is 0 Å². The van der Waals surface area contributed by atoms with Gasteiger partial charge in [0.15, 0.2) is 0 Å². The number of hydrogen-bond acceptors (Lipinski definition) is 3. The van der Waals surface area contributed by atoms with E-state index in [4.69, 9.17) is 4.74 Å². The minimum Gasteiger partial charge on any atom is -0.370 e. The predicted octanol–water partition coefficient (Wildman–Crippen LogP) is -0.503. The van der Waals surface area contributed by atoms with Gasteiger partial charge in [0.2, 0.25) is 10.0 Å². The summed E-state index contributed by atoms with van der Waals surface area (Å²) in [5.41, 5.74) is 1.86. The van der Waals surface area contributed by atoms with E-state index in [0.717, 1.165) is 44.0 Å². The van der Waals surface area contributed by atoms with Crippen molar-refractivity contribution in [3.05, 3.63) is 29.3 Å². The van der Waals surface area contributed by atoms with Crippen LogP contribution in [0.25, 0.3) is 0 Å². The topological polar surface area (TPSA) is 59.8 Å². The van der Waals surface area contributed by atoms with Gasteiger partial charge in [0.1, 0.15) is 13.1 Å². The Labute approximate surface area is 121 Å². The molecule has 1 aromatic rings. The molecular formula is C14H23N2O3S+. The fraction of sp³-hybridized carbons (Fsp3) is 0.571. The Kier molecular flexibility index (Phi) is 5.15. The summed E-state index contributed by atoms with van der Waals surface area (Å²) in [5.74, 6) is 0. The molecule has 1 aliphatic rings. The highest BCUT2D eigenvalue weighted by molar-refractivity contribution is 7.89. The van der Waals surface area contributed by atoms with Crippen LogP contribution in [0.1, 0.15) is 11.1 Å². The maximum Gasteiger partial charge on any atom is 0.241 e. The zero-order valence-electron chi connectivity index (χ0n) is 12.1. The SMILES string of the molecule is Cc1ccc(S(=O)(=O)NCC[NH+]2CCOCC2)c(C)c1. The van der Waals surface area contributed by atoms with Crippen LogP contribution < -0.4 is 9.62 Å². The van der Waals surface area contributed by atoms with Crippen LogP contribution in [0, 0.1) is 13.8 Å². The van der Waals surface area contributed by atoms with Crippen molar-refractivity contribution in [1.82, 2.24) is 4.72 Å². The molecule has 0 unspecified atom stereocenters. The summed E-state index contributed by atoms with van der Waals surface area (Å²) in [7, 11) is -3.40. The van der Waals surface area contributed by atoms with Gasteiger partial charge in [-0.05, 0) is 25.5 Å². The lowest BCUT2D eigenvalue weighted by molar-refractivity contribution is -0.906. The van der Waals surface area contributed by atoms with E-state index in [2.05, 4.69) is 4.72 Å². The Hall–Kier alpha value is -0.950. The molecular weight excluding hydrogens is 276 g/mol. The first-order chi connectivity index (χ1) is 9.49. The molecule has 1 aliphatic heterocycles. The van der Waals surface area contributed by atoms with Gasteiger partial charge in [-0.2, -0.15) is 0 Å². The zero-order chi connectivity index (χ0) is 14.6. The number of rotatable bonds is 5. The highest BCUT2D eigenvalue weighted by atomic mass is 32.2. The summed E-state index contributed by atoms with van der Waals surface area (Å²) >= 11 is 0. The Morgan fingerprint density at radius 1 is 1.25 bits per heavy atom. The average Bonchev–Trinajstić information content (AvgIpc) is 2.39. The van der Waals surface area contributed by atoms with Crippen LogP contribution in [-0.2, 0) is 14.8 Å². The molecule has 0 saturated carbocycles. The first kappa shape index (κ1) is 15.4. The quantitative estimate of drug-likeness (QED) is 0.770. The van der Waals surface area contributed by atoms with Crippen LogP contribution in [0.5, 0.6) is 0 Å². The molecule has 1 heterocycles. The van der Waals surface area contributed by atoms with Crippen LogP contribution >= 0.6 is 0 Å². The Morgan fingerprint density at radius 3 is 2.60 bits per heavy atom. The maximum atomic E-state index is 12.3. The van der Waals surface area contributed by atoms with E-state index in [0.29, 0.717) is 11.4 Å². The number of quaternary nitrogens is 1. The Morgan fingerprint density at radius 2 is 1.95 bits per heavy atom. The van der Waals surface area contributed by atoms with E-state index in [-0.39, 0.29) is 0 Å².